The fraction of sp³-hybridized carbons (Fsp3) is 0. The molecule has 5 aromatic carbocycles. The highest BCUT2D eigenvalue weighted by molar-refractivity contribution is 7.14. The summed E-state index contributed by atoms with van der Waals surface area (Å²) in [5.74, 6) is 5.45. The van der Waals surface area contributed by atoms with Crippen molar-refractivity contribution in [1.29, 1.82) is 0 Å². The van der Waals surface area contributed by atoms with Crippen molar-refractivity contribution in [3.05, 3.63) is 91.0 Å². The van der Waals surface area contributed by atoms with Gasteiger partial charge in [0, 0.05) is 22.5 Å². The number of para-hydroxylation sites is 1. The Kier molecular flexibility index (Phi) is 2.87. The second-order valence-corrected chi connectivity index (χ2v) is 10.00. The maximum Gasteiger partial charge on any atom is 0.259 e. The summed E-state index contributed by atoms with van der Waals surface area (Å²) in [4.78, 5) is 2.38. The van der Waals surface area contributed by atoms with Crippen LogP contribution in [0.1, 0.15) is 0 Å². The Morgan fingerprint density at radius 2 is 0.889 bits per heavy atom. The zero-order valence-corrected chi connectivity index (χ0v) is 19.0. The van der Waals surface area contributed by atoms with Gasteiger partial charge in [-0.25, -0.2) is 0 Å². The van der Waals surface area contributed by atoms with Gasteiger partial charge in [0.25, 0.3) is 13.4 Å². The molecule has 0 fully saturated rings. The number of nitrogens with zero attached hydrogens (tertiary/aromatic N) is 1. The second-order valence-electron chi connectivity index (χ2n) is 10.00. The Balaban J connectivity index is 1.40. The predicted molar refractivity (Wildman–Crippen MR) is 144 cm³/mol. The first-order valence-corrected chi connectivity index (χ1v) is 12.3. The molecule has 164 valence electrons. The Hall–Kier alpha value is -4.57. The molecule has 0 aromatic heterocycles. The molecule has 5 heterocycles. The lowest BCUT2D eigenvalue weighted by molar-refractivity contribution is 0.461. The summed E-state index contributed by atoms with van der Waals surface area (Å²) in [6, 6.07) is 31.7. The van der Waals surface area contributed by atoms with Gasteiger partial charge in [0.15, 0.2) is 0 Å². The molecule has 36 heavy (non-hydrogen) atoms. The van der Waals surface area contributed by atoms with E-state index >= 15 is 0 Å². The summed E-state index contributed by atoms with van der Waals surface area (Å²) in [7, 11) is 0. The van der Waals surface area contributed by atoms with E-state index in [2.05, 4.69) is 89.8 Å². The fourth-order valence-corrected chi connectivity index (χ4v) is 7.16. The molecule has 5 aliphatic heterocycles. The van der Waals surface area contributed by atoms with E-state index in [1.807, 2.05) is 6.07 Å². The highest BCUT2D eigenvalue weighted by atomic mass is 16.5. The number of anilines is 3. The van der Waals surface area contributed by atoms with Crippen molar-refractivity contribution < 1.29 is 14.2 Å². The first kappa shape index (κ1) is 17.8. The maximum atomic E-state index is 6.62. The molecule has 0 radical (unpaired) electrons. The van der Waals surface area contributed by atoms with Crippen LogP contribution in [-0.4, -0.2) is 13.4 Å². The van der Waals surface area contributed by atoms with Gasteiger partial charge in [0.2, 0.25) is 0 Å². The van der Waals surface area contributed by atoms with Crippen LogP contribution in [0.2, 0.25) is 0 Å². The third kappa shape index (κ3) is 1.85. The van der Waals surface area contributed by atoms with Crippen LogP contribution in [0, 0.1) is 0 Å². The molecule has 5 aliphatic rings. The molecule has 5 aromatic rings. The second kappa shape index (κ2) is 5.80. The Labute approximate surface area is 207 Å². The van der Waals surface area contributed by atoms with Crippen molar-refractivity contribution in [2.24, 2.45) is 0 Å². The van der Waals surface area contributed by atoms with Crippen molar-refractivity contribution in [2.45, 2.75) is 0 Å². The van der Waals surface area contributed by atoms with E-state index in [0.29, 0.717) is 0 Å². The van der Waals surface area contributed by atoms with Crippen molar-refractivity contribution in [3.63, 3.8) is 0 Å². The van der Waals surface area contributed by atoms with Crippen LogP contribution < -0.4 is 51.9 Å². The SMILES string of the molecule is c1ccc(N2c3cccc4c3B3c5c(ccc6c5B5c7c(cccc7Oc7ccc2c3c75)O6)O4)cc1. The molecule has 10 rings (SSSR count). The predicted octanol–water partition coefficient (Wildman–Crippen LogP) is 3.13. The number of hydrogen-bond acceptors (Lipinski definition) is 4. The minimum atomic E-state index is 0.0536. The zero-order chi connectivity index (χ0) is 23.1. The monoisotopic (exact) mass is 459 g/mol. The van der Waals surface area contributed by atoms with Crippen LogP contribution in [-0.2, 0) is 0 Å². The summed E-state index contributed by atoms with van der Waals surface area (Å²) in [6.45, 7) is 0.118. The molecule has 6 heteroatoms. The van der Waals surface area contributed by atoms with Crippen LogP contribution >= 0.6 is 0 Å². The van der Waals surface area contributed by atoms with E-state index in [1.165, 1.54) is 33.0 Å². The fourth-order valence-electron chi connectivity index (χ4n) is 7.16. The van der Waals surface area contributed by atoms with Gasteiger partial charge in [0.05, 0.1) is 0 Å². The minimum Gasteiger partial charge on any atom is -0.458 e. The summed E-state index contributed by atoms with van der Waals surface area (Å²) >= 11 is 0. The van der Waals surface area contributed by atoms with Crippen LogP contribution in [0.25, 0.3) is 0 Å². The van der Waals surface area contributed by atoms with Crippen LogP contribution in [0.4, 0.5) is 17.1 Å². The third-order valence-electron chi connectivity index (χ3n) is 8.39. The van der Waals surface area contributed by atoms with E-state index in [-0.39, 0.29) is 13.4 Å². The standard InChI is InChI=1S/C30H15B2NO3/c1-2-6-16(7-3-1)33-17-8-4-9-19-25(17)31-26-18(33)12-13-22-28(26)32-27-20(35-22)10-5-11-21(27)36-24-15-14-23(34-19)29(31)30(24)32/h1-15H. The van der Waals surface area contributed by atoms with Gasteiger partial charge >= 0.3 is 0 Å². The molecule has 0 saturated heterocycles. The van der Waals surface area contributed by atoms with Gasteiger partial charge in [-0.05, 0) is 88.0 Å². The highest BCUT2D eigenvalue weighted by Crippen LogP contribution is 2.44. The first-order chi connectivity index (χ1) is 17.9. The van der Waals surface area contributed by atoms with Crippen molar-refractivity contribution in [1.82, 2.24) is 0 Å². The largest absolute Gasteiger partial charge is 0.458 e. The third-order valence-corrected chi connectivity index (χ3v) is 8.39. The maximum absolute atomic E-state index is 6.62. The van der Waals surface area contributed by atoms with E-state index in [9.17, 15) is 0 Å². The quantitative estimate of drug-likeness (QED) is 0.354. The Morgan fingerprint density at radius 1 is 0.389 bits per heavy atom. The van der Waals surface area contributed by atoms with Crippen LogP contribution in [0.3, 0.4) is 0 Å². The van der Waals surface area contributed by atoms with Crippen molar-refractivity contribution in [2.75, 3.05) is 4.90 Å². The van der Waals surface area contributed by atoms with Gasteiger partial charge in [-0.2, -0.15) is 0 Å². The normalized spacial score (nSPS) is 15.2. The van der Waals surface area contributed by atoms with E-state index < -0.39 is 0 Å². The van der Waals surface area contributed by atoms with Crippen LogP contribution in [0.15, 0.2) is 91.0 Å². The molecule has 0 saturated carbocycles. The number of ether oxygens (including phenoxy) is 3. The van der Waals surface area contributed by atoms with Crippen molar-refractivity contribution in [3.8, 4) is 34.5 Å². The molecule has 0 atom stereocenters. The number of hydrogen-bond donors (Lipinski definition) is 0. The first-order valence-electron chi connectivity index (χ1n) is 12.3. The molecule has 0 spiro atoms. The van der Waals surface area contributed by atoms with Crippen LogP contribution in [0.5, 0.6) is 34.5 Å². The summed E-state index contributed by atoms with van der Waals surface area (Å²) in [6.07, 6.45) is 0. The van der Waals surface area contributed by atoms with Gasteiger partial charge in [-0.15, -0.1) is 0 Å². The minimum absolute atomic E-state index is 0.0536. The summed E-state index contributed by atoms with van der Waals surface area (Å²) < 4.78 is 19.7. The molecule has 0 unspecified atom stereocenters. The number of rotatable bonds is 1. The van der Waals surface area contributed by atoms with Gasteiger partial charge < -0.3 is 19.1 Å². The van der Waals surface area contributed by atoms with E-state index in [0.717, 1.165) is 51.3 Å². The molecule has 0 amide bonds. The molecular weight excluding hydrogens is 444 g/mol. The molecular formula is C30H15B2NO3. The lowest BCUT2D eigenvalue weighted by atomic mass is 9.19. The Bertz CT molecular complexity index is 1840. The molecule has 4 nitrogen and oxygen atoms in total. The summed E-state index contributed by atoms with van der Waals surface area (Å²) in [5, 5.41) is 0. The van der Waals surface area contributed by atoms with Crippen molar-refractivity contribution >= 4 is 63.3 Å². The average Bonchev–Trinajstić information content (AvgIpc) is 2.93. The van der Waals surface area contributed by atoms with E-state index in [1.54, 1.807) is 0 Å². The molecule has 0 N–H and O–H groups in total. The Morgan fingerprint density at radius 3 is 1.58 bits per heavy atom. The molecule has 0 bridgehead atoms. The molecule has 0 aliphatic carbocycles. The van der Waals surface area contributed by atoms with Gasteiger partial charge in [-0.3, -0.25) is 0 Å². The van der Waals surface area contributed by atoms with Gasteiger partial charge in [0.1, 0.15) is 34.5 Å². The smallest absolute Gasteiger partial charge is 0.259 e. The number of benzene rings is 5. The lowest BCUT2D eigenvalue weighted by Crippen LogP contribution is -2.79. The summed E-state index contributed by atoms with van der Waals surface area (Å²) in [5.41, 5.74) is 10.9. The topological polar surface area (TPSA) is 30.9 Å². The zero-order valence-electron chi connectivity index (χ0n) is 19.0. The average molecular weight is 459 g/mol. The van der Waals surface area contributed by atoms with Gasteiger partial charge in [-0.1, -0.05) is 30.3 Å². The highest BCUT2D eigenvalue weighted by Gasteiger charge is 2.54. The lowest BCUT2D eigenvalue weighted by Gasteiger charge is -2.47. The van der Waals surface area contributed by atoms with E-state index in [4.69, 9.17) is 14.2 Å².